The number of benzene rings is 2. The van der Waals surface area contributed by atoms with Crippen LogP contribution in [0.15, 0.2) is 53.4 Å². The first-order valence-electron chi connectivity index (χ1n) is 9.36. The number of piperazine rings is 1. The Balaban J connectivity index is 1.89. The number of hydrogen-bond acceptors (Lipinski definition) is 4. The maximum atomic E-state index is 13.0. The molecule has 2 aromatic rings. The highest BCUT2D eigenvalue weighted by Crippen LogP contribution is 2.29. The molecule has 0 radical (unpaired) electrons. The van der Waals surface area contributed by atoms with Crippen LogP contribution < -0.4 is 15.0 Å². The van der Waals surface area contributed by atoms with E-state index in [9.17, 15) is 13.2 Å². The van der Waals surface area contributed by atoms with Gasteiger partial charge in [-0.1, -0.05) is 18.2 Å². The predicted molar refractivity (Wildman–Crippen MR) is 107 cm³/mol. The highest BCUT2D eigenvalue weighted by atomic mass is 32.2. The maximum absolute atomic E-state index is 13.0. The highest BCUT2D eigenvalue weighted by molar-refractivity contribution is 7.89. The number of hydrogen-bond donors (Lipinski definition) is 2. The van der Waals surface area contributed by atoms with Gasteiger partial charge in [-0.15, -0.1) is 0 Å². The Kier molecular flexibility index (Phi) is 6.33. The van der Waals surface area contributed by atoms with Gasteiger partial charge in [0.25, 0.3) is 5.91 Å². The van der Waals surface area contributed by atoms with E-state index in [1.165, 1.54) is 21.3 Å². The van der Waals surface area contributed by atoms with E-state index in [0.717, 1.165) is 13.1 Å². The molecule has 28 heavy (non-hydrogen) atoms. The van der Waals surface area contributed by atoms with Crippen LogP contribution in [0.5, 0.6) is 5.75 Å². The van der Waals surface area contributed by atoms with Gasteiger partial charge in [0.15, 0.2) is 0 Å². The fourth-order valence-corrected chi connectivity index (χ4v) is 4.56. The first-order valence-corrected chi connectivity index (χ1v) is 10.8. The van der Waals surface area contributed by atoms with E-state index >= 15 is 0 Å². The van der Waals surface area contributed by atoms with E-state index in [4.69, 9.17) is 4.74 Å². The van der Waals surface area contributed by atoms with Crippen molar-refractivity contribution in [3.63, 3.8) is 0 Å². The molecule has 8 heteroatoms. The van der Waals surface area contributed by atoms with Crippen molar-refractivity contribution in [3.8, 4) is 5.75 Å². The minimum atomic E-state index is -3.63. The van der Waals surface area contributed by atoms with Gasteiger partial charge < -0.3 is 15.0 Å². The molecule has 1 aliphatic heterocycles. The number of amides is 1. The monoisotopic (exact) mass is 404 g/mol. The molecule has 2 aromatic carbocycles. The number of carbonyl (C=O) groups is 1. The largest absolute Gasteiger partial charge is 0.492 e. The molecule has 7 nitrogen and oxygen atoms in total. The van der Waals surface area contributed by atoms with Crippen molar-refractivity contribution in [2.24, 2.45) is 0 Å². The molecule has 0 aromatic heterocycles. The molecule has 2 N–H and O–H groups in total. The van der Waals surface area contributed by atoms with Crippen molar-refractivity contribution in [1.29, 1.82) is 0 Å². The van der Waals surface area contributed by atoms with Crippen molar-refractivity contribution in [3.05, 3.63) is 54.1 Å². The van der Waals surface area contributed by atoms with Gasteiger partial charge in [0.2, 0.25) is 10.0 Å². The predicted octanol–water partition coefficient (Wildman–Crippen LogP) is 0.857. The van der Waals surface area contributed by atoms with Crippen LogP contribution in [0.3, 0.4) is 0 Å². The van der Waals surface area contributed by atoms with Crippen LogP contribution >= 0.6 is 0 Å². The fourth-order valence-electron chi connectivity index (χ4n) is 3.09. The second-order valence-corrected chi connectivity index (χ2v) is 8.71. The SMILES string of the molecule is CCOc1ccc(S(=O)(=O)N2CC[NH+](C)CC2)cc1NC(=O)c1ccccc1. The van der Waals surface area contributed by atoms with Gasteiger partial charge in [-0.3, -0.25) is 4.79 Å². The number of quaternary nitrogens is 1. The minimum Gasteiger partial charge on any atom is -0.492 e. The third kappa shape index (κ3) is 4.52. The van der Waals surface area contributed by atoms with Gasteiger partial charge in [-0.05, 0) is 37.3 Å². The number of sulfonamides is 1. The smallest absolute Gasteiger partial charge is 0.255 e. The summed E-state index contributed by atoms with van der Waals surface area (Å²) < 4.78 is 33.1. The molecule has 3 rings (SSSR count). The van der Waals surface area contributed by atoms with Gasteiger partial charge in [0.05, 0.1) is 50.4 Å². The second-order valence-electron chi connectivity index (χ2n) is 6.77. The van der Waals surface area contributed by atoms with Crippen molar-refractivity contribution in [1.82, 2.24) is 4.31 Å². The zero-order chi connectivity index (χ0) is 20.1. The molecular weight excluding hydrogens is 378 g/mol. The highest BCUT2D eigenvalue weighted by Gasteiger charge is 2.30. The van der Waals surface area contributed by atoms with Gasteiger partial charge in [-0.2, -0.15) is 4.31 Å². The molecule has 150 valence electrons. The Labute approximate surface area is 166 Å². The average Bonchev–Trinajstić information content (AvgIpc) is 2.70. The van der Waals surface area contributed by atoms with Crippen molar-refractivity contribution >= 4 is 21.6 Å². The number of ether oxygens (including phenoxy) is 1. The van der Waals surface area contributed by atoms with Crippen LogP contribution in [0.4, 0.5) is 5.69 Å². The van der Waals surface area contributed by atoms with Gasteiger partial charge in [-0.25, -0.2) is 8.42 Å². The average molecular weight is 405 g/mol. The summed E-state index contributed by atoms with van der Waals surface area (Å²) in [4.78, 5) is 14.0. The lowest BCUT2D eigenvalue weighted by Gasteiger charge is -2.29. The number of rotatable bonds is 6. The topological polar surface area (TPSA) is 80.2 Å². The van der Waals surface area contributed by atoms with Gasteiger partial charge in [0.1, 0.15) is 5.75 Å². The van der Waals surface area contributed by atoms with Gasteiger partial charge >= 0.3 is 0 Å². The molecule has 0 unspecified atom stereocenters. The number of anilines is 1. The second kappa shape index (κ2) is 8.72. The van der Waals surface area contributed by atoms with Crippen LogP contribution in [0.25, 0.3) is 0 Å². The van der Waals surface area contributed by atoms with E-state index < -0.39 is 10.0 Å². The van der Waals surface area contributed by atoms with E-state index in [-0.39, 0.29) is 10.8 Å². The zero-order valence-corrected chi connectivity index (χ0v) is 17.0. The molecule has 0 bridgehead atoms. The molecule has 0 aliphatic carbocycles. The van der Waals surface area contributed by atoms with E-state index in [1.807, 2.05) is 13.0 Å². The fraction of sp³-hybridized carbons (Fsp3) is 0.350. The quantitative estimate of drug-likeness (QED) is 0.748. The lowest BCUT2D eigenvalue weighted by molar-refractivity contribution is -0.883. The normalized spacial score (nSPS) is 15.9. The molecule has 0 saturated carbocycles. The Morgan fingerprint density at radius 2 is 1.82 bits per heavy atom. The minimum absolute atomic E-state index is 0.152. The summed E-state index contributed by atoms with van der Waals surface area (Å²) in [6.07, 6.45) is 0. The molecule has 0 atom stereocenters. The van der Waals surface area contributed by atoms with Crippen LogP contribution in [0.2, 0.25) is 0 Å². The molecule has 0 spiro atoms. The lowest BCUT2D eigenvalue weighted by atomic mass is 10.2. The summed E-state index contributed by atoms with van der Waals surface area (Å²) in [5, 5.41) is 2.78. The summed E-state index contributed by atoms with van der Waals surface area (Å²) in [5.41, 5.74) is 0.830. The van der Waals surface area contributed by atoms with Crippen LogP contribution in [-0.4, -0.2) is 58.5 Å². The van der Waals surface area contributed by atoms with Crippen molar-refractivity contribution in [2.45, 2.75) is 11.8 Å². The summed E-state index contributed by atoms with van der Waals surface area (Å²) >= 11 is 0. The van der Waals surface area contributed by atoms with Gasteiger partial charge in [0, 0.05) is 5.56 Å². The lowest BCUT2D eigenvalue weighted by Crippen LogP contribution is -3.12. The third-order valence-corrected chi connectivity index (χ3v) is 6.64. The Morgan fingerprint density at radius 1 is 1.14 bits per heavy atom. The van der Waals surface area contributed by atoms with Crippen LogP contribution in [-0.2, 0) is 10.0 Å². The maximum Gasteiger partial charge on any atom is 0.255 e. The molecule has 1 amide bonds. The Bertz CT molecular complexity index is 924. The van der Waals surface area contributed by atoms with Crippen molar-refractivity contribution in [2.75, 3.05) is 45.2 Å². The summed E-state index contributed by atoms with van der Waals surface area (Å²) in [6, 6.07) is 13.4. The standard InChI is InChI=1S/C20H25N3O4S/c1-3-27-19-10-9-17(28(25,26)23-13-11-22(2)12-14-23)15-18(19)21-20(24)16-7-5-4-6-8-16/h4-10,15H,3,11-14H2,1-2H3,(H,21,24)/p+1. The molecular formula is C20H26N3O4S+. The Hall–Kier alpha value is -2.42. The van der Waals surface area contributed by atoms with E-state index in [1.54, 1.807) is 30.3 Å². The van der Waals surface area contributed by atoms with E-state index in [0.29, 0.717) is 36.7 Å². The summed E-state index contributed by atoms with van der Waals surface area (Å²) in [5.74, 6) is 0.118. The zero-order valence-electron chi connectivity index (χ0n) is 16.1. The third-order valence-electron chi connectivity index (χ3n) is 4.75. The van der Waals surface area contributed by atoms with Crippen LogP contribution in [0.1, 0.15) is 17.3 Å². The van der Waals surface area contributed by atoms with E-state index in [2.05, 4.69) is 12.4 Å². The number of nitrogens with zero attached hydrogens (tertiary/aromatic N) is 1. The number of carbonyl (C=O) groups excluding carboxylic acids is 1. The van der Waals surface area contributed by atoms with Crippen molar-refractivity contribution < 1.29 is 22.8 Å². The summed E-state index contributed by atoms with van der Waals surface area (Å²) in [6.45, 7) is 4.74. The number of nitrogens with one attached hydrogen (secondary N) is 2. The molecule has 1 heterocycles. The molecule has 1 aliphatic rings. The molecule has 1 fully saturated rings. The summed E-state index contributed by atoms with van der Waals surface area (Å²) in [7, 11) is -1.57. The number of likely N-dealkylation sites (N-methyl/N-ethyl adjacent to an activating group) is 1. The first kappa shape index (κ1) is 20.3. The molecule has 1 saturated heterocycles. The Morgan fingerprint density at radius 3 is 2.46 bits per heavy atom. The van der Waals surface area contributed by atoms with Crippen LogP contribution in [0, 0.1) is 0 Å². The first-order chi connectivity index (χ1) is 13.4.